The van der Waals surface area contributed by atoms with E-state index in [-0.39, 0.29) is 17.6 Å². The quantitative estimate of drug-likeness (QED) is 0.692. The lowest BCUT2D eigenvalue weighted by Crippen LogP contribution is -2.50. The van der Waals surface area contributed by atoms with Crippen LogP contribution in [0.3, 0.4) is 0 Å². The van der Waals surface area contributed by atoms with Crippen LogP contribution in [0.5, 0.6) is 5.75 Å². The Kier molecular flexibility index (Phi) is 6.04. The van der Waals surface area contributed by atoms with Crippen LogP contribution < -0.4 is 0 Å². The zero-order valence-electron chi connectivity index (χ0n) is 16.8. The fourth-order valence-corrected chi connectivity index (χ4v) is 5.83. The van der Waals surface area contributed by atoms with Crippen LogP contribution in [0.2, 0.25) is 0 Å². The van der Waals surface area contributed by atoms with Gasteiger partial charge in [0, 0.05) is 36.1 Å². The maximum Gasteiger partial charge on any atom is 0.307 e. The Labute approximate surface area is 184 Å². The van der Waals surface area contributed by atoms with Gasteiger partial charge in [0.2, 0.25) is 11.8 Å². The third-order valence-electron chi connectivity index (χ3n) is 6.84. The van der Waals surface area contributed by atoms with E-state index in [1.807, 2.05) is 0 Å². The molecule has 1 saturated carbocycles. The van der Waals surface area contributed by atoms with E-state index in [0.29, 0.717) is 50.9 Å². The van der Waals surface area contributed by atoms with E-state index >= 15 is 0 Å². The molecule has 0 bridgehead atoms. The molecular formula is C22H27BrN2O5. The molecule has 162 valence electrons. The number of halogens is 1. The van der Waals surface area contributed by atoms with Crippen LogP contribution in [0.4, 0.5) is 0 Å². The van der Waals surface area contributed by atoms with E-state index in [1.54, 1.807) is 21.9 Å². The van der Waals surface area contributed by atoms with Crippen LogP contribution in [-0.4, -0.2) is 57.4 Å². The number of fused-ring (bicyclic) bond motifs is 1. The Morgan fingerprint density at radius 2 is 1.80 bits per heavy atom. The van der Waals surface area contributed by atoms with Crippen molar-refractivity contribution in [1.82, 2.24) is 9.80 Å². The molecule has 1 aliphatic carbocycles. The average Bonchev–Trinajstić information content (AvgIpc) is 3.14. The van der Waals surface area contributed by atoms with Crippen molar-refractivity contribution in [3.05, 3.63) is 27.7 Å². The monoisotopic (exact) mass is 478 g/mol. The Hall–Kier alpha value is -2.09. The molecular weight excluding hydrogens is 452 g/mol. The standard InChI is InChI=1S/C22H27BrN2O5/c23-16-7-8-18(26)20-15(16)9-11-25(17(20)12-24-10-3-6-19(24)27)21(28)13-4-1-2-5-14(13)22(29)30/h7-8,13-14,17,26H,1-6,9-12H2,(H,29,30)/t13?,14?,17-/m1/s1. The number of phenolic OH excluding ortho intramolecular Hbond substituents is 1. The van der Waals surface area contributed by atoms with E-state index < -0.39 is 23.8 Å². The number of hydrogen-bond donors (Lipinski definition) is 2. The minimum Gasteiger partial charge on any atom is -0.508 e. The Balaban J connectivity index is 1.70. The first-order chi connectivity index (χ1) is 14.4. The summed E-state index contributed by atoms with van der Waals surface area (Å²) in [7, 11) is 0. The fraction of sp³-hybridized carbons (Fsp3) is 0.591. The van der Waals surface area contributed by atoms with Crippen LogP contribution in [0.25, 0.3) is 0 Å². The number of rotatable bonds is 4. The highest BCUT2D eigenvalue weighted by molar-refractivity contribution is 9.10. The Morgan fingerprint density at radius 1 is 1.07 bits per heavy atom. The number of carbonyl (C=O) groups is 3. The number of nitrogens with zero attached hydrogens (tertiary/aromatic N) is 2. The van der Waals surface area contributed by atoms with Crippen LogP contribution in [0.1, 0.15) is 55.7 Å². The third-order valence-corrected chi connectivity index (χ3v) is 7.58. The molecule has 2 fully saturated rings. The van der Waals surface area contributed by atoms with Gasteiger partial charge in [-0.1, -0.05) is 28.8 Å². The Morgan fingerprint density at radius 3 is 2.47 bits per heavy atom. The maximum absolute atomic E-state index is 13.6. The molecule has 2 aliphatic heterocycles. The SMILES string of the molecule is O=C(O)C1CCCCC1C(=O)N1CCc2c(Br)ccc(O)c2[C@H]1CN1CCCC1=O. The van der Waals surface area contributed by atoms with Crippen molar-refractivity contribution in [2.75, 3.05) is 19.6 Å². The molecule has 2 amide bonds. The van der Waals surface area contributed by atoms with Gasteiger partial charge in [-0.05, 0) is 43.4 Å². The molecule has 0 aromatic heterocycles. The number of carboxylic acid groups (broad SMARTS) is 1. The van der Waals surface area contributed by atoms with Crippen molar-refractivity contribution in [1.29, 1.82) is 0 Å². The number of amides is 2. The second kappa shape index (κ2) is 8.57. The van der Waals surface area contributed by atoms with Gasteiger partial charge < -0.3 is 20.0 Å². The van der Waals surface area contributed by atoms with E-state index in [1.165, 1.54) is 0 Å². The number of aliphatic carboxylic acids is 1. The topological polar surface area (TPSA) is 98.2 Å². The highest BCUT2D eigenvalue weighted by Gasteiger charge is 2.43. The van der Waals surface area contributed by atoms with Gasteiger partial charge in [0.25, 0.3) is 0 Å². The summed E-state index contributed by atoms with van der Waals surface area (Å²) >= 11 is 3.56. The van der Waals surface area contributed by atoms with Crippen LogP contribution in [0, 0.1) is 11.8 Å². The maximum atomic E-state index is 13.6. The molecule has 30 heavy (non-hydrogen) atoms. The minimum atomic E-state index is -0.915. The molecule has 8 heteroatoms. The summed E-state index contributed by atoms with van der Waals surface area (Å²) in [6.45, 7) is 1.41. The average molecular weight is 479 g/mol. The highest BCUT2D eigenvalue weighted by atomic mass is 79.9. The number of likely N-dealkylation sites (tertiary alicyclic amines) is 1. The van der Waals surface area contributed by atoms with Crippen molar-refractivity contribution in [3.63, 3.8) is 0 Å². The second-order valence-electron chi connectivity index (χ2n) is 8.54. The summed E-state index contributed by atoms with van der Waals surface area (Å²) < 4.78 is 0.876. The van der Waals surface area contributed by atoms with Crippen LogP contribution in [0.15, 0.2) is 16.6 Å². The number of benzene rings is 1. The van der Waals surface area contributed by atoms with Crippen LogP contribution in [-0.2, 0) is 20.8 Å². The van der Waals surface area contributed by atoms with Gasteiger partial charge in [-0.2, -0.15) is 0 Å². The molecule has 1 aromatic carbocycles. The number of aromatic hydroxyl groups is 1. The number of phenols is 1. The van der Waals surface area contributed by atoms with Gasteiger partial charge in [-0.3, -0.25) is 14.4 Å². The van der Waals surface area contributed by atoms with E-state index in [9.17, 15) is 24.6 Å². The highest BCUT2D eigenvalue weighted by Crippen LogP contribution is 2.42. The third kappa shape index (κ3) is 3.82. The molecule has 7 nitrogen and oxygen atoms in total. The molecule has 2 heterocycles. The zero-order valence-corrected chi connectivity index (χ0v) is 18.4. The number of carboxylic acids is 1. The molecule has 4 rings (SSSR count). The molecule has 1 saturated heterocycles. The normalized spacial score (nSPS) is 26.6. The second-order valence-corrected chi connectivity index (χ2v) is 9.39. The van der Waals surface area contributed by atoms with Gasteiger partial charge in [0.15, 0.2) is 0 Å². The smallest absolute Gasteiger partial charge is 0.307 e. The van der Waals surface area contributed by atoms with Crippen molar-refractivity contribution >= 4 is 33.7 Å². The summed E-state index contributed by atoms with van der Waals surface area (Å²) in [5.41, 5.74) is 1.63. The zero-order chi connectivity index (χ0) is 21.4. The minimum absolute atomic E-state index is 0.0603. The summed E-state index contributed by atoms with van der Waals surface area (Å²) in [5.74, 6) is -2.13. The first kappa shape index (κ1) is 21.2. The number of carbonyl (C=O) groups excluding carboxylic acids is 2. The molecule has 0 spiro atoms. The summed E-state index contributed by atoms with van der Waals surface area (Å²) in [6.07, 6.45) is 4.62. The summed E-state index contributed by atoms with van der Waals surface area (Å²) in [4.78, 5) is 41.2. The van der Waals surface area contributed by atoms with Crippen molar-refractivity contribution in [2.24, 2.45) is 11.8 Å². The van der Waals surface area contributed by atoms with Crippen molar-refractivity contribution in [2.45, 2.75) is 51.0 Å². The largest absolute Gasteiger partial charge is 0.508 e. The van der Waals surface area contributed by atoms with Gasteiger partial charge in [-0.25, -0.2) is 0 Å². The van der Waals surface area contributed by atoms with Crippen molar-refractivity contribution < 1.29 is 24.6 Å². The molecule has 2 unspecified atom stereocenters. The molecule has 3 atom stereocenters. The van der Waals surface area contributed by atoms with Gasteiger partial charge in [-0.15, -0.1) is 0 Å². The molecule has 3 aliphatic rings. The van der Waals surface area contributed by atoms with Crippen molar-refractivity contribution in [3.8, 4) is 5.75 Å². The lowest BCUT2D eigenvalue weighted by atomic mass is 9.77. The van der Waals surface area contributed by atoms with Crippen LogP contribution >= 0.6 is 15.9 Å². The van der Waals surface area contributed by atoms with Gasteiger partial charge in [0.05, 0.1) is 17.9 Å². The summed E-state index contributed by atoms with van der Waals surface area (Å²) in [5, 5.41) is 20.3. The lowest BCUT2D eigenvalue weighted by molar-refractivity contribution is -0.154. The fourth-order valence-electron chi connectivity index (χ4n) is 5.29. The van der Waals surface area contributed by atoms with E-state index in [4.69, 9.17) is 0 Å². The summed E-state index contributed by atoms with van der Waals surface area (Å²) in [6, 6.07) is 2.93. The molecule has 0 radical (unpaired) electrons. The van der Waals surface area contributed by atoms with Gasteiger partial charge in [0.1, 0.15) is 5.75 Å². The Bertz CT molecular complexity index is 873. The van der Waals surface area contributed by atoms with Gasteiger partial charge >= 0.3 is 5.97 Å². The predicted molar refractivity (Wildman–Crippen MR) is 113 cm³/mol. The first-order valence-corrected chi connectivity index (χ1v) is 11.5. The first-order valence-electron chi connectivity index (χ1n) is 10.7. The molecule has 1 aromatic rings. The van der Waals surface area contributed by atoms with E-state index in [2.05, 4.69) is 15.9 Å². The lowest BCUT2D eigenvalue weighted by Gasteiger charge is -2.42. The predicted octanol–water partition coefficient (Wildman–Crippen LogP) is 3.09. The molecule has 2 N–H and O–H groups in total. The number of hydrogen-bond acceptors (Lipinski definition) is 4. The van der Waals surface area contributed by atoms with E-state index in [0.717, 1.165) is 29.3 Å².